The van der Waals surface area contributed by atoms with Gasteiger partial charge in [-0.05, 0) is 60.0 Å². The molecule has 1 unspecified atom stereocenters. The van der Waals surface area contributed by atoms with E-state index in [-0.39, 0.29) is 23.1 Å². The highest BCUT2D eigenvalue weighted by Crippen LogP contribution is 2.46. The molecule has 0 aliphatic carbocycles. The summed E-state index contributed by atoms with van der Waals surface area (Å²) in [5.41, 5.74) is 1.70. The molecule has 1 aliphatic heterocycles. The third-order valence-electron chi connectivity index (χ3n) is 7.11. The van der Waals surface area contributed by atoms with Gasteiger partial charge in [-0.15, -0.1) is 10.2 Å². The van der Waals surface area contributed by atoms with Crippen LogP contribution in [0.4, 0.5) is 5.13 Å². The third kappa shape index (κ3) is 7.22. The van der Waals surface area contributed by atoms with Gasteiger partial charge in [0.1, 0.15) is 18.1 Å². The summed E-state index contributed by atoms with van der Waals surface area (Å²) in [4.78, 5) is 28.6. The molecule has 4 aromatic rings. The van der Waals surface area contributed by atoms with Gasteiger partial charge in [-0.3, -0.25) is 14.5 Å². The lowest BCUT2D eigenvalue weighted by atomic mass is 9.95. The van der Waals surface area contributed by atoms with Crippen molar-refractivity contribution in [2.24, 2.45) is 0 Å². The minimum Gasteiger partial charge on any atom is -0.507 e. The number of carbonyl (C=O) groups excluding carboxylic acids is 2. The van der Waals surface area contributed by atoms with Crippen LogP contribution in [-0.2, 0) is 15.3 Å². The molecule has 0 bridgehead atoms. The minimum atomic E-state index is -1.03. The number of amides is 1. The fraction of sp³-hybridized carbons (Fsp3) is 0.235. The van der Waals surface area contributed by atoms with Crippen molar-refractivity contribution in [2.45, 2.75) is 35.9 Å². The summed E-state index contributed by atoms with van der Waals surface area (Å²) in [6.07, 6.45) is 3.53. The van der Waals surface area contributed by atoms with Gasteiger partial charge in [0.15, 0.2) is 15.8 Å². The van der Waals surface area contributed by atoms with Crippen LogP contribution in [0, 0.1) is 0 Å². The van der Waals surface area contributed by atoms with Crippen LogP contribution < -0.4 is 19.1 Å². The Bertz CT molecular complexity index is 1760. The number of carbonyl (C=O) groups is 2. The lowest BCUT2D eigenvalue weighted by Gasteiger charge is -2.23. The standard InChI is InChI=1S/C34H32ClN3O6S2/c1-4-6-18-43-24-14-11-21(12-15-24)30(39)28-29(22-13-16-26(44-17-5-2)27(19-22)42-3)38(32(41)31(28)40)33-36-37-34(46-33)45-20-23-9-7-8-10-25(23)35/h5,7-16,19,29,39H,2,4,6,17-18,20H2,1,3H3/b30-28+. The van der Waals surface area contributed by atoms with Gasteiger partial charge >= 0.3 is 5.91 Å². The number of ketones is 1. The largest absolute Gasteiger partial charge is 0.507 e. The molecule has 1 aromatic heterocycles. The number of nitrogens with zero attached hydrogens (tertiary/aromatic N) is 3. The summed E-state index contributed by atoms with van der Waals surface area (Å²) in [5, 5.41) is 21.0. The molecule has 1 N–H and O–H groups in total. The average Bonchev–Trinajstić information content (AvgIpc) is 3.65. The first-order valence-electron chi connectivity index (χ1n) is 14.5. The van der Waals surface area contributed by atoms with Crippen LogP contribution in [0.1, 0.15) is 42.5 Å². The van der Waals surface area contributed by atoms with Gasteiger partial charge in [0.2, 0.25) is 5.13 Å². The van der Waals surface area contributed by atoms with Crippen molar-refractivity contribution in [1.82, 2.24) is 10.2 Å². The van der Waals surface area contributed by atoms with E-state index >= 15 is 0 Å². The Balaban J connectivity index is 1.54. The van der Waals surface area contributed by atoms with Crippen LogP contribution >= 0.6 is 34.7 Å². The number of aromatic nitrogens is 2. The normalized spacial score (nSPS) is 15.6. The molecule has 238 valence electrons. The first kappa shape index (κ1) is 33.1. The summed E-state index contributed by atoms with van der Waals surface area (Å²) in [7, 11) is 1.49. The summed E-state index contributed by atoms with van der Waals surface area (Å²) >= 11 is 8.90. The Morgan fingerprint density at radius 2 is 1.87 bits per heavy atom. The number of hydrogen-bond donors (Lipinski definition) is 1. The zero-order valence-electron chi connectivity index (χ0n) is 25.3. The van der Waals surface area contributed by atoms with E-state index in [1.807, 2.05) is 24.3 Å². The first-order valence-corrected chi connectivity index (χ1v) is 16.7. The number of aliphatic hydroxyl groups excluding tert-OH is 1. The molecule has 0 radical (unpaired) electrons. The zero-order valence-corrected chi connectivity index (χ0v) is 27.7. The molecule has 0 spiro atoms. The molecule has 1 atom stereocenters. The van der Waals surface area contributed by atoms with Crippen LogP contribution in [0.3, 0.4) is 0 Å². The van der Waals surface area contributed by atoms with Gasteiger partial charge in [-0.2, -0.15) is 0 Å². The number of aliphatic hydroxyl groups is 1. The molecule has 1 aliphatic rings. The maximum absolute atomic E-state index is 13.7. The summed E-state index contributed by atoms with van der Waals surface area (Å²) in [6.45, 7) is 6.59. The number of methoxy groups -OCH3 is 1. The van der Waals surface area contributed by atoms with Crippen molar-refractivity contribution in [1.29, 1.82) is 0 Å². The van der Waals surface area contributed by atoms with Crippen molar-refractivity contribution in [3.05, 3.63) is 107 Å². The van der Waals surface area contributed by atoms with Crippen LogP contribution in [0.5, 0.6) is 17.2 Å². The molecule has 12 heteroatoms. The topological polar surface area (TPSA) is 111 Å². The molecule has 46 heavy (non-hydrogen) atoms. The molecule has 0 saturated carbocycles. The van der Waals surface area contributed by atoms with Crippen LogP contribution in [0.25, 0.3) is 5.76 Å². The van der Waals surface area contributed by atoms with Gasteiger partial charge in [0.25, 0.3) is 5.78 Å². The van der Waals surface area contributed by atoms with E-state index in [2.05, 4.69) is 23.7 Å². The Morgan fingerprint density at radius 1 is 1.09 bits per heavy atom. The van der Waals surface area contributed by atoms with Crippen LogP contribution in [-0.4, -0.2) is 47.3 Å². The smallest absolute Gasteiger partial charge is 0.301 e. The Hall–Kier alpha value is -4.32. The predicted molar refractivity (Wildman–Crippen MR) is 181 cm³/mol. The van der Waals surface area contributed by atoms with E-state index < -0.39 is 17.7 Å². The third-order valence-corrected chi connectivity index (χ3v) is 9.58. The second-order valence-corrected chi connectivity index (χ2v) is 12.7. The lowest BCUT2D eigenvalue weighted by molar-refractivity contribution is -0.132. The SMILES string of the molecule is C=CCOc1ccc(C2/C(=C(\O)c3ccc(OCCCC)cc3)C(=O)C(=O)N2c2nnc(SCc3ccccc3Cl)s2)cc1OC. The van der Waals surface area contributed by atoms with Crippen molar-refractivity contribution >= 4 is 57.3 Å². The van der Waals surface area contributed by atoms with Crippen molar-refractivity contribution in [2.75, 3.05) is 25.2 Å². The van der Waals surface area contributed by atoms with Crippen LogP contribution in [0.15, 0.2) is 89.3 Å². The molecule has 1 saturated heterocycles. The predicted octanol–water partition coefficient (Wildman–Crippen LogP) is 7.86. The number of benzene rings is 3. The summed E-state index contributed by atoms with van der Waals surface area (Å²) < 4.78 is 17.6. The fourth-order valence-electron chi connectivity index (χ4n) is 4.78. The highest BCUT2D eigenvalue weighted by Gasteiger charge is 2.48. The summed E-state index contributed by atoms with van der Waals surface area (Å²) in [6, 6.07) is 18.3. The highest BCUT2D eigenvalue weighted by atomic mass is 35.5. The van der Waals surface area contributed by atoms with Gasteiger partial charge in [-0.25, -0.2) is 0 Å². The van der Waals surface area contributed by atoms with E-state index in [1.54, 1.807) is 48.5 Å². The van der Waals surface area contributed by atoms with Gasteiger partial charge in [0, 0.05) is 16.3 Å². The Labute approximate surface area is 280 Å². The number of rotatable bonds is 14. The number of unbranched alkanes of at least 4 members (excludes halogenated alkanes) is 1. The van der Waals surface area contributed by atoms with E-state index in [0.29, 0.717) is 50.1 Å². The number of ether oxygens (including phenoxy) is 3. The number of thioether (sulfide) groups is 1. The van der Waals surface area contributed by atoms with Crippen molar-refractivity contribution in [3.8, 4) is 17.2 Å². The van der Waals surface area contributed by atoms with Gasteiger partial charge in [-0.1, -0.05) is 85.0 Å². The van der Waals surface area contributed by atoms with Gasteiger partial charge in [0.05, 0.1) is 25.3 Å². The van der Waals surface area contributed by atoms with E-state index in [4.69, 9.17) is 25.8 Å². The lowest BCUT2D eigenvalue weighted by Crippen LogP contribution is -2.29. The molecule has 5 rings (SSSR count). The van der Waals surface area contributed by atoms with Crippen molar-refractivity contribution in [3.63, 3.8) is 0 Å². The monoisotopic (exact) mass is 677 g/mol. The molecule has 2 heterocycles. The van der Waals surface area contributed by atoms with Crippen LogP contribution in [0.2, 0.25) is 5.02 Å². The fourth-order valence-corrected chi connectivity index (χ4v) is 6.93. The molecule has 1 fully saturated rings. The second-order valence-electron chi connectivity index (χ2n) is 10.1. The minimum absolute atomic E-state index is 0.0908. The van der Waals surface area contributed by atoms with E-state index in [0.717, 1.165) is 18.4 Å². The molecule has 3 aromatic carbocycles. The Morgan fingerprint density at radius 3 is 2.59 bits per heavy atom. The number of halogens is 1. The van der Waals surface area contributed by atoms with E-state index in [9.17, 15) is 14.7 Å². The quantitative estimate of drug-likeness (QED) is 0.0271. The van der Waals surface area contributed by atoms with Crippen molar-refractivity contribution < 1.29 is 28.9 Å². The molecular weight excluding hydrogens is 646 g/mol. The molecule has 9 nitrogen and oxygen atoms in total. The first-order chi connectivity index (χ1) is 22.4. The summed E-state index contributed by atoms with van der Waals surface area (Å²) in [5.74, 6) is 0.000864. The Kier molecular flexibility index (Phi) is 11.0. The number of Topliss-reactive ketones (excluding diaryl/α,β-unsaturated/α-hetero) is 1. The van der Waals surface area contributed by atoms with Gasteiger partial charge < -0.3 is 19.3 Å². The number of hydrogen-bond acceptors (Lipinski definition) is 10. The molecular formula is C34H32ClN3O6S2. The average molecular weight is 678 g/mol. The maximum atomic E-state index is 13.7. The maximum Gasteiger partial charge on any atom is 0.301 e. The second kappa shape index (κ2) is 15.3. The highest BCUT2D eigenvalue weighted by molar-refractivity contribution is 8.00. The number of anilines is 1. The van der Waals surface area contributed by atoms with E-state index in [1.165, 1.54) is 35.1 Å². The zero-order chi connectivity index (χ0) is 32.6. The molecule has 1 amide bonds.